The summed E-state index contributed by atoms with van der Waals surface area (Å²) >= 11 is 0. The van der Waals surface area contributed by atoms with Crippen LogP contribution in [0.3, 0.4) is 0 Å². The molecule has 0 saturated heterocycles. The standard InChI is InChI=1S/C13H19NO/c1-4-14-13(3,11(2)15)10-12-8-6-5-7-9-12/h5-9,14H,4,10H2,1-3H3/t13-/m0/s1. The second-order valence-electron chi connectivity index (χ2n) is 4.08. The number of benzene rings is 1. The van der Waals surface area contributed by atoms with E-state index in [4.69, 9.17) is 0 Å². The normalized spacial score (nSPS) is 14.6. The van der Waals surface area contributed by atoms with Crippen molar-refractivity contribution in [2.45, 2.75) is 32.7 Å². The van der Waals surface area contributed by atoms with Crippen molar-refractivity contribution in [3.8, 4) is 0 Å². The Morgan fingerprint density at radius 1 is 1.33 bits per heavy atom. The highest BCUT2D eigenvalue weighted by Crippen LogP contribution is 2.14. The summed E-state index contributed by atoms with van der Waals surface area (Å²) in [4.78, 5) is 11.6. The monoisotopic (exact) mass is 205 g/mol. The quantitative estimate of drug-likeness (QED) is 0.798. The number of hydrogen-bond acceptors (Lipinski definition) is 2. The molecule has 1 atom stereocenters. The molecule has 0 saturated carbocycles. The van der Waals surface area contributed by atoms with Gasteiger partial charge in [-0.2, -0.15) is 0 Å². The van der Waals surface area contributed by atoms with Gasteiger partial charge in [-0.05, 0) is 32.4 Å². The lowest BCUT2D eigenvalue weighted by Gasteiger charge is -2.27. The van der Waals surface area contributed by atoms with E-state index in [1.807, 2.05) is 32.0 Å². The van der Waals surface area contributed by atoms with E-state index in [0.29, 0.717) is 0 Å². The summed E-state index contributed by atoms with van der Waals surface area (Å²) in [5.41, 5.74) is 0.756. The minimum absolute atomic E-state index is 0.188. The van der Waals surface area contributed by atoms with E-state index < -0.39 is 5.54 Å². The fourth-order valence-electron chi connectivity index (χ4n) is 1.71. The molecule has 0 heterocycles. The summed E-state index contributed by atoms with van der Waals surface area (Å²) < 4.78 is 0. The molecule has 0 aliphatic heterocycles. The van der Waals surface area contributed by atoms with E-state index in [1.165, 1.54) is 5.56 Å². The van der Waals surface area contributed by atoms with Crippen molar-refractivity contribution in [3.63, 3.8) is 0 Å². The van der Waals surface area contributed by atoms with Crippen LogP contribution in [0.15, 0.2) is 30.3 Å². The molecule has 2 nitrogen and oxygen atoms in total. The minimum Gasteiger partial charge on any atom is -0.305 e. The summed E-state index contributed by atoms with van der Waals surface area (Å²) in [5, 5.41) is 3.26. The first-order valence-electron chi connectivity index (χ1n) is 5.38. The van der Waals surface area contributed by atoms with Gasteiger partial charge in [0.2, 0.25) is 0 Å². The molecule has 1 aromatic carbocycles. The SMILES string of the molecule is CCN[C@@](C)(Cc1ccccc1)C(C)=O. The van der Waals surface area contributed by atoms with Gasteiger partial charge in [-0.3, -0.25) is 4.79 Å². The number of Topliss-reactive ketones (excluding diaryl/α,β-unsaturated/α-hetero) is 1. The van der Waals surface area contributed by atoms with Gasteiger partial charge in [0.15, 0.2) is 0 Å². The van der Waals surface area contributed by atoms with Gasteiger partial charge in [0.05, 0.1) is 5.54 Å². The smallest absolute Gasteiger partial charge is 0.149 e. The Bertz CT molecular complexity index is 321. The van der Waals surface area contributed by atoms with Crippen LogP contribution in [-0.2, 0) is 11.2 Å². The molecule has 1 N–H and O–H groups in total. The largest absolute Gasteiger partial charge is 0.305 e. The minimum atomic E-state index is -0.434. The van der Waals surface area contributed by atoms with E-state index >= 15 is 0 Å². The zero-order valence-electron chi connectivity index (χ0n) is 9.71. The Kier molecular flexibility index (Phi) is 4.04. The third-order valence-electron chi connectivity index (χ3n) is 2.74. The molecule has 0 spiro atoms. The second kappa shape index (κ2) is 5.08. The maximum atomic E-state index is 11.6. The second-order valence-corrected chi connectivity index (χ2v) is 4.08. The highest BCUT2D eigenvalue weighted by atomic mass is 16.1. The van der Waals surface area contributed by atoms with Crippen molar-refractivity contribution < 1.29 is 4.79 Å². The number of carbonyl (C=O) groups excluding carboxylic acids is 1. The Labute approximate surface area is 91.7 Å². The molecule has 0 radical (unpaired) electrons. The van der Waals surface area contributed by atoms with Crippen molar-refractivity contribution in [3.05, 3.63) is 35.9 Å². The first-order chi connectivity index (χ1) is 7.08. The maximum Gasteiger partial charge on any atom is 0.149 e. The van der Waals surface area contributed by atoms with E-state index in [-0.39, 0.29) is 5.78 Å². The van der Waals surface area contributed by atoms with Crippen molar-refractivity contribution in [1.82, 2.24) is 5.32 Å². The molecule has 0 aromatic heterocycles. The number of hydrogen-bond donors (Lipinski definition) is 1. The Balaban J connectivity index is 2.80. The zero-order chi connectivity index (χ0) is 11.3. The van der Waals surface area contributed by atoms with Crippen LogP contribution >= 0.6 is 0 Å². The first kappa shape index (κ1) is 11.9. The summed E-state index contributed by atoms with van der Waals surface area (Å²) in [6.45, 7) is 6.44. The lowest BCUT2D eigenvalue weighted by molar-refractivity contribution is -0.122. The van der Waals surface area contributed by atoms with Crippen molar-refractivity contribution in [2.75, 3.05) is 6.54 Å². The number of nitrogens with one attached hydrogen (secondary N) is 1. The van der Waals surface area contributed by atoms with E-state index in [0.717, 1.165) is 13.0 Å². The summed E-state index contributed by atoms with van der Waals surface area (Å²) in [6.07, 6.45) is 0.747. The van der Waals surface area contributed by atoms with Gasteiger partial charge in [0.25, 0.3) is 0 Å². The van der Waals surface area contributed by atoms with Crippen molar-refractivity contribution in [1.29, 1.82) is 0 Å². The van der Waals surface area contributed by atoms with Gasteiger partial charge in [0.1, 0.15) is 5.78 Å². The molecule has 2 heteroatoms. The maximum absolute atomic E-state index is 11.6. The third-order valence-corrected chi connectivity index (χ3v) is 2.74. The lowest BCUT2D eigenvalue weighted by Crippen LogP contribution is -2.50. The van der Waals surface area contributed by atoms with E-state index in [9.17, 15) is 4.79 Å². The van der Waals surface area contributed by atoms with Gasteiger partial charge >= 0.3 is 0 Å². The molecular weight excluding hydrogens is 186 g/mol. The number of rotatable bonds is 5. The number of ketones is 1. The highest BCUT2D eigenvalue weighted by Gasteiger charge is 2.28. The Hall–Kier alpha value is -1.15. The Morgan fingerprint density at radius 2 is 1.93 bits per heavy atom. The average Bonchev–Trinajstić information content (AvgIpc) is 2.19. The molecule has 0 bridgehead atoms. The van der Waals surface area contributed by atoms with Crippen LogP contribution in [0.25, 0.3) is 0 Å². The molecule has 0 aliphatic carbocycles. The topological polar surface area (TPSA) is 29.1 Å². The van der Waals surface area contributed by atoms with Crippen LogP contribution < -0.4 is 5.32 Å². The number of likely N-dealkylation sites (N-methyl/N-ethyl adjacent to an activating group) is 1. The van der Waals surface area contributed by atoms with Crippen LogP contribution in [0.5, 0.6) is 0 Å². The fraction of sp³-hybridized carbons (Fsp3) is 0.462. The first-order valence-corrected chi connectivity index (χ1v) is 5.38. The lowest BCUT2D eigenvalue weighted by atomic mass is 9.89. The van der Waals surface area contributed by atoms with Gasteiger partial charge < -0.3 is 5.32 Å². The van der Waals surface area contributed by atoms with Gasteiger partial charge in [0, 0.05) is 0 Å². The highest BCUT2D eigenvalue weighted by molar-refractivity contribution is 5.86. The van der Waals surface area contributed by atoms with Crippen LogP contribution in [0.1, 0.15) is 26.3 Å². The third kappa shape index (κ3) is 3.17. The predicted octanol–water partition coefficient (Wildman–Crippen LogP) is 2.19. The molecule has 0 fully saturated rings. The van der Waals surface area contributed by atoms with Gasteiger partial charge in [-0.15, -0.1) is 0 Å². The molecule has 1 rings (SSSR count). The molecule has 15 heavy (non-hydrogen) atoms. The predicted molar refractivity (Wildman–Crippen MR) is 62.9 cm³/mol. The van der Waals surface area contributed by atoms with E-state index in [1.54, 1.807) is 6.92 Å². The number of carbonyl (C=O) groups is 1. The molecular formula is C13H19NO. The molecule has 0 aliphatic rings. The summed E-state index contributed by atoms with van der Waals surface area (Å²) in [7, 11) is 0. The Morgan fingerprint density at radius 3 is 2.40 bits per heavy atom. The fourth-order valence-corrected chi connectivity index (χ4v) is 1.71. The molecule has 82 valence electrons. The summed E-state index contributed by atoms with van der Waals surface area (Å²) in [6, 6.07) is 10.1. The molecule has 0 unspecified atom stereocenters. The molecule has 1 aromatic rings. The average molecular weight is 205 g/mol. The van der Waals surface area contributed by atoms with Crippen molar-refractivity contribution in [2.24, 2.45) is 0 Å². The van der Waals surface area contributed by atoms with Crippen LogP contribution in [0.4, 0.5) is 0 Å². The van der Waals surface area contributed by atoms with E-state index in [2.05, 4.69) is 17.4 Å². The van der Waals surface area contributed by atoms with Crippen LogP contribution in [0, 0.1) is 0 Å². The van der Waals surface area contributed by atoms with Gasteiger partial charge in [-0.25, -0.2) is 0 Å². The van der Waals surface area contributed by atoms with Crippen molar-refractivity contribution >= 4 is 5.78 Å². The van der Waals surface area contributed by atoms with Gasteiger partial charge in [-0.1, -0.05) is 37.3 Å². The zero-order valence-corrected chi connectivity index (χ0v) is 9.71. The molecule has 0 amide bonds. The van der Waals surface area contributed by atoms with Crippen LogP contribution in [-0.4, -0.2) is 17.9 Å². The van der Waals surface area contributed by atoms with Crippen LogP contribution in [0.2, 0.25) is 0 Å². The summed E-state index contributed by atoms with van der Waals surface area (Å²) in [5.74, 6) is 0.188.